The molecule has 4 rings (SSSR count). The van der Waals surface area contributed by atoms with Crippen molar-refractivity contribution in [3.05, 3.63) is 64.7 Å². The van der Waals surface area contributed by atoms with Gasteiger partial charge >= 0.3 is 0 Å². The Hall–Kier alpha value is -3.06. The SMILES string of the molecule is CCc1ccc(N2CC(C(=O)NCCCc3nc(-c4ccncc4)cs3)CC2=O)cc1. The molecule has 3 aromatic rings. The first-order chi connectivity index (χ1) is 15.1. The first-order valence-electron chi connectivity index (χ1n) is 10.7. The van der Waals surface area contributed by atoms with Gasteiger partial charge in [0.1, 0.15) is 0 Å². The van der Waals surface area contributed by atoms with Crippen LogP contribution in [0, 0.1) is 5.92 Å². The Kier molecular flexibility index (Phi) is 6.72. The van der Waals surface area contributed by atoms with Gasteiger partial charge in [-0.3, -0.25) is 14.6 Å². The van der Waals surface area contributed by atoms with Gasteiger partial charge in [0, 0.05) is 55.0 Å². The summed E-state index contributed by atoms with van der Waals surface area (Å²) in [7, 11) is 0. The van der Waals surface area contributed by atoms with Crippen molar-refractivity contribution in [2.75, 3.05) is 18.0 Å². The maximum absolute atomic E-state index is 12.6. The third kappa shape index (κ3) is 5.17. The van der Waals surface area contributed by atoms with E-state index in [1.54, 1.807) is 28.6 Å². The highest BCUT2D eigenvalue weighted by Gasteiger charge is 2.34. The number of hydrogen-bond donors (Lipinski definition) is 1. The molecule has 0 spiro atoms. The van der Waals surface area contributed by atoms with Crippen LogP contribution in [0.5, 0.6) is 0 Å². The molecule has 0 radical (unpaired) electrons. The second-order valence-electron chi connectivity index (χ2n) is 7.68. The van der Waals surface area contributed by atoms with E-state index in [2.05, 4.69) is 27.6 Å². The van der Waals surface area contributed by atoms with Crippen molar-refractivity contribution in [3.8, 4) is 11.3 Å². The lowest BCUT2D eigenvalue weighted by Gasteiger charge is -2.17. The van der Waals surface area contributed by atoms with Crippen LogP contribution in [0.15, 0.2) is 54.2 Å². The van der Waals surface area contributed by atoms with Gasteiger partial charge in [-0.05, 0) is 42.7 Å². The number of amides is 2. The van der Waals surface area contributed by atoms with Crippen LogP contribution in [0.4, 0.5) is 5.69 Å². The van der Waals surface area contributed by atoms with Crippen LogP contribution in [-0.2, 0) is 22.4 Å². The topological polar surface area (TPSA) is 75.2 Å². The van der Waals surface area contributed by atoms with Gasteiger partial charge < -0.3 is 10.2 Å². The van der Waals surface area contributed by atoms with Gasteiger partial charge in [-0.1, -0.05) is 19.1 Å². The number of pyridine rings is 1. The van der Waals surface area contributed by atoms with Gasteiger partial charge in [0.2, 0.25) is 11.8 Å². The summed E-state index contributed by atoms with van der Waals surface area (Å²) in [6, 6.07) is 11.9. The Labute approximate surface area is 186 Å². The largest absolute Gasteiger partial charge is 0.356 e. The van der Waals surface area contributed by atoms with Crippen LogP contribution >= 0.6 is 11.3 Å². The van der Waals surface area contributed by atoms with Crippen LogP contribution in [0.25, 0.3) is 11.3 Å². The zero-order valence-electron chi connectivity index (χ0n) is 17.6. The molecular formula is C24H26N4O2S. The van der Waals surface area contributed by atoms with Crippen LogP contribution < -0.4 is 10.2 Å². The van der Waals surface area contributed by atoms with Crippen molar-refractivity contribution in [2.24, 2.45) is 5.92 Å². The van der Waals surface area contributed by atoms with Crippen LogP contribution in [-0.4, -0.2) is 34.9 Å². The Morgan fingerprint density at radius 2 is 1.97 bits per heavy atom. The van der Waals surface area contributed by atoms with E-state index in [4.69, 9.17) is 0 Å². The van der Waals surface area contributed by atoms with Gasteiger partial charge in [0.15, 0.2) is 0 Å². The summed E-state index contributed by atoms with van der Waals surface area (Å²) in [6.07, 6.45) is 6.39. The summed E-state index contributed by atoms with van der Waals surface area (Å²) in [5, 5.41) is 6.10. The summed E-state index contributed by atoms with van der Waals surface area (Å²) in [5.41, 5.74) is 4.12. The summed E-state index contributed by atoms with van der Waals surface area (Å²) in [6.45, 7) is 3.13. The second kappa shape index (κ2) is 9.83. The molecule has 0 bridgehead atoms. The first-order valence-corrected chi connectivity index (χ1v) is 11.5. The molecule has 0 saturated carbocycles. The Morgan fingerprint density at radius 3 is 2.71 bits per heavy atom. The van der Waals surface area contributed by atoms with Crippen LogP contribution in [0.3, 0.4) is 0 Å². The Bertz CT molecular complexity index is 1030. The molecule has 2 aromatic heterocycles. The monoisotopic (exact) mass is 434 g/mol. The molecule has 0 aliphatic carbocycles. The Balaban J connectivity index is 1.23. The van der Waals surface area contributed by atoms with E-state index >= 15 is 0 Å². The highest BCUT2D eigenvalue weighted by Crippen LogP contribution is 2.26. The maximum atomic E-state index is 12.6. The molecule has 31 heavy (non-hydrogen) atoms. The van der Waals surface area contributed by atoms with Gasteiger partial charge in [-0.2, -0.15) is 0 Å². The molecule has 6 nitrogen and oxygen atoms in total. The highest BCUT2D eigenvalue weighted by molar-refractivity contribution is 7.09. The molecule has 1 unspecified atom stereocenters. The zero-order valence-corrected chi connectivity index (χ0v) is 18.4. The van der Waals surface area contributed by atoms with Gasteiger partial charge in [-0.25, -0.2) is 4.98 Å². The van der Waals surface area contributed by atoms with E-state index in [0.29, 0.717) is 13.1 Å². The maximum Gasteiger partial charge on any atom is 0.227 e. The molecule has 160 valence electrons. The first kappa shape index (κ1) is 21.2. The smallest absolute Gasteiger partial charge is 0.227 e. The number of benzene rings is 1. The van der Waals surface area contributed by atoms with Gasteiger partial charge in [0.25, 0.3) is 0 Å². The minimum absolute atomic E-state index is 0.0100. The summed E-state index contributed by atoms with van der Waals surface area (Å²) in [4.78, 5) is 35.4. The van der Waals surface area contributed by atoms with Crippen molar-refractivity contribution in [3.63, 3.8) is 0 Å². The average Bonchev–Trinajstić information content (AvgIpc) is 3.44. The van der Waals surface area contributed by atoms with Crippen molar-refractivity contribution in [1.82, 2.24) is 15.3 Å². The van der Waals surface area contributed by atoms with E-state index in [-0.39, 0.29) is 24.2 Å². The average molecular weight is 435 g/mol. The lowest BCUT2D eigenvalue weighted by atomic mass is 10.1. The molecule has 2 amide bonds. The number of aromatic nitrogens is 2. The lowest BCUT2D eigenvalue weighted by molar-refractivity contribution is -0.126. The predicted octanol–water partition coefficient (Wildman–Crippen LogP) is 3.87. The van der Waals surface area contributed by atoms with Crippen LogP contribution in [0.2, 0.25) is 0 Å². The Morgan fingerprint density at radius 1 is 1.19 bits per heavy atom. The van der Waals surface area contributed by atoms with Gasteiger partial charge in [-0.15, -0.1) is 11.3 Å². The van der Waals surface area contributed by atoms with E-state index < -0.39 is 0 Å². The minimum atomic E-state index is -0.295. The zero-order chi connectivity index (χ0) is 21.6. The predicted molar refractivity (Wildman–Crippen MR) is 123 cm³/mol. The number of aryl methyl sites for hydroxylation is 2. The van der Waals surface area contributed by atoms with E-state index in [1.165, 1.54) is 5.56 Å². The standard InChI is InChI=1S/C24H26N4O2S/c1-2-17-5-7-20(8-6-17)28-15-19(14-23(28)29)24(30)26-11-3-4-22-27-21(16-31-22)18-9-12-25-13-10-18/h5-10,12-13,16,19H,2-4,11,14-15H2,1H3,(H,26,30). The number of nitrogens with zero attached hydrogens (tertiary/aromatic N) is 3. The summed E-state index contributed by atoms with van der Waals surface area (Å²) < 4.78 is 0. The number of thiazole rings is 1. The summed E-state index contributed by atoms with van der Waals surface area (Å²) >= 11 is 1.63. The molecule has 3 heterocycles. The molecule has 1 fully saturated rings. The third-order valence-corrected chi connectivity index (χ3v) is 6.46. The van der Waals surface area contributed by atoms with Crippen molar-refractivity contribution < 1.29 is 9.59 Å². The normalized spacial score (nSPS) is 16.0. The molecule has 1 saturated heterocycles. The fraction of sp³-hybridized carbons (Fsp3) is 0.333. The van der Waals surface area contributed by atoms with E-state index in [0.717, 1.165) is 41.2 Å². The molecule has 7 heteroatoms. The fourth-order valence-electron chi connectivity index (χ4n) is 3.72. The van der Waals surface area contributed by atoms with Crippen LogP contribution in [0.1, 0.15) is 30.3 Å². The van der Waals surface area contributed by atoms with Crippen molar-refractivity contribution in [1.29, 1.82) is 0 Å². The highest BCUT2D eigenvalue weighted by atomic mass is 32.1. The van der Waals surface area contributed by atoms with Gasteiger partial charge in [0.05, 0.1) is 16.6 Å². The third-order valence-electron chi connectivity index (χ3n) is 5.55. The number of carbonyl (C=O) groups is 2. The van der Waals surface area contributed by atoms with E-state index in [9.17, 15) is 9.59 Å². The quantitative estimate of drug-likeness (QED) is 0.546. The molecule has 1 aromatic carbocycles. The van der Waals surface area contributed by atoms with Crippen molar-refractivity contribution in [2.45, 2.75) is 32.6 Å². The number of nitrogens with one attached hydrogen (secondary N) is 1. The van der Waals surface area contributed by atoms with Crippen molar-refractivity contribution >= 4 is 28.8 Å². The number of rotatable bonds is 8. The number of anilines is 1. The molecule has 1 aliphatic rings. The fourth-order valence-corrected chi connectivity index (χ4v) is 4.57. The second-order valence-corrected chi connectivity index (χ2v) is 8.63. The number of hydrogen-bond acceptors (Lipinski definition) is 5. The number of carbonyl (C=O) groups excluding carboxylic acids is 2. The molecule has 1 aliphatic heterocycles. The molecule has 1 atom stereocenters. The summed E-state index contributed by atoms with van der Waals surface area (Å²) in [5.74, 6) is -0.329. The molecule has 1 N–H and O–H groups in total. The lowest BCUT2D eigenvalue weighted by Crippen LogP contribution is -2.33. The molecular weight excluding hydrogens is 408 g/mol. The minimum Gasteiger partial charge on any atom is -0.356 e. The van der Waals surface area contributed by atoms with E-state index in [1.807, 2.05) is 36.4 Å².